The number of hydrogen-bond donors (Lipinski definition) is 0. The van der Waals surface area contributed by atoms with Crippen LogP contribution in [0.2, 0.25) is 0 Å². The van der Waals surface area contributed by atoms with Crippen LogP contribution in [0.25, 0.3) is 0 Å². The molecule has 2 aliphatic heterocycles. The van der Waals surface area contributed by atoms with Gasteiger partial charge in [-0.15, -0.1) is 0 Å². The van der Waals surface area contributed by atoms with Gasteiger partial charge in [-0.25, -0.2) is 9.18 Å². The minimum atomic E-state index is -0.750. The average Bonchev–Trinajstić information content (AvgIpc) is 3.12. The molecule has 0 saturated carbocycles. The molecule has 1 aromatic rings. The predicted octanol–water partition coefficient (Wildman–Crippen LogP) is 1.61. The van der Waals surface area contributed by atoms with Gasteiger partial charge in [-0.3, -0.25) is 9.59 Å². The molecule has 2 atom stereocenters. The summed E-state index contributed by atoms with van der Waals surface area (Å²) in [6.07, 6.45) is 0.866. The lowest BCUT2D eigenvalue weighted by Crippen LogP contribution is -2.47. The Morgan fingerprint density at radius 1 is 1.14 bits per heavy atom. The number of methoxy groups -OCH3 is 1. The van der Waals surface area contributed by atoms with Crippen molar-refractivity contribution >= 4 is 17.8 Å². The summed E-state index contributed by atoms with van der Waals surface area (Å²) in [5, 5.41) is 0. The Morgan fingerprint density at radius 2 is 1.82 bits per heavy atom. The summed E-state index contributed by atoms with van der Waals surface area (Å²) >= 11 is 0. The van der Waals surface area contributed by atoms with E-state index in [4.69, 9.17) is 9.47 Å². The van der Waals surface area contributed by atoms with E-state index in [1.54, 1.807) is 17.0 Å². The summed E-state index contributed by atoms with van der Waals surface area (Å²) in [5.41, 5.74) is 0. The van der Waals surface area contributed by atoms with Crippen molar-refractivity contribution in [3.63, 3.8) is 0 Å². The van der Waals surface area contributed by atoms with Gasteiger partial charge < -0.3 is 19.3 Å². The molecular weight excluding hydrogens is 367 g/mol. The highest BCUT2D eigenvalue weighted by molar-refractivity contribution is 5.87. The highest BCUT2D eigenvalue weighted by Gasteiger charge is 2.44. The van der Waals surface area contributed by atoms with Crippen LogP contribution in [0.1, 0.15) is 26.2 Å². The number of amides is 2. The number of piperidine rings is 1. The first-order valence-corrected chi connectivity index (χ1v) is 9.45. The fourth-order valence-corrected chi connectivity index (χ4v) is 3.88. The number of halogens is 1. The van der Waals surface area contributed by atoms with E-state index < -0.39 is 23.9 Å². The van der Waals surface area contributed by atoms with E-state index in [-0.39, 0.29) is 36.4 Å². The number of esters is 1. The Morgan fingerprint density at radius 3 is 2.43 bits per heavy atom. The van der Waals surface area contributed by atoms with Crippen LogP contribution in [0.15, 0.2) is 24.3 Å². The molecule has 0 aromatic heterocycles. The van der Waals surface area contributed by atoms with Crippen molar-refractivity contribution in [1.82, 2.24) is 9.80 Å². The third-order valence-electron chi connectivity index (χ3n) is 5.44. The van der Waals surface area contributed by atoms with E-state index in [1.807, 2.05) is 0 Å². The molecule has 0 aliphatic carbocycles. The van der Waals surface area contributed by atoms with Crippen LogP contribution in [0.3, 0.4) is 0 Å². The summed E-state index contributed by atoms with van der Waals surface area (Å²) in [7, 11) is 1.28. The molecule has 2 fully saturated rings. The van der Waals surface area contributed by atoms with E-state index in [1.165, 1.54) is 31.1 Å². The Hall–Kier alpha value is -2.64. The van der Waals surface area contributed by atoms with Crippen molar-refractivity contribution in [2.45, 2.75) is 38.3 Å². The first kappa shape index (κ1) is 20.1. The van der Waals surface area contributed by atoms with E-state index in [0.29, 0.717) is 25.9 Å². The van der Waals surface area contributed by atoms with E-state index in [9.17, 15) is 18.8 Å². The first-order chi connectivity index (χ1) is 13.4. The Balaban J connectivity index is 1.69. The second-order valence-corrected chi connectivity index (χ2v) is 7.22. The molecule has 3 rings (SSSR count). The number of hydrogen-bond acceptors (Lipinski definition) is 5. The molecule has 0 bridgehead atoms. The van der Waals surface area contributed by atoms with Crippen molar-refractivity contribution in [2.75, 3.05) is 26.7 Å². The second-order valence-electron chi connectivity index (χ2n) is 7.22. The lowest BCUT2D eigenvalue weighted by atomic mass is 9.95. The maximum absolute atomic E-state index is 13.9. The normalized spacial score (nSPS) is 22.8. The fourth-order valence-electron chi connectivity index (χ4n) is 3.88. The van der Waals surface area contributed by atoms with E-state index in [2.05, 4.69) is 0 Å². The largest absolute Gasteiger partial charge is 0.485 e. The summed E-state index contributed by atoms with van der Waals surface area (Å²) in [6, 6.07) is 5.30. The number of para-hydroxylation sites is 1. The standard InChI is InChI=1S/C20H25FN2O5/c1-13(24)22-9-7-14(8-10-22)19(25)23-12-15(11-17(23)20(26)27-2)28-18-6-4-3-5-16(18)21/h3-6,14-15,17H,7-12H2,1-2H3. The predicted molar refractivity (Wildman–Crippen MR) is 97.9 cm³/mol. The number of carbonyl (C=O) groups excluding carboxylic acids is 3. The third kappa shape index (κ3) is 4.26. The van der Waals surface area contributed by atoms with E-state index >= 15 is 0 Å². The van der Waals surface area contributed by atoms with Crippen LogP contribution in [0.4, 0.5) is 4.39 Å². The van der Waals surface area contributed by atoms with Gasteiger partial charge in [-0.1, -0.05) is 12.1 Å². The quantitative estimate of drug-likeness (QED) is 0.728. The Bertz CT molecular complexity index is 748. The van der Waals surface area contributed by atoms with Gasteiger partial charge in [0.2, 0.25) is 11.8 Å². The molecule has 28 heavy (non-hydrogen) atoms. The molecule has 2 unspecified atom stereocenters. The minimum absolute atomic E-state index is 0.00198. The SMILES string of the molecule is COC(=O)C1CC(Oc2ccccc2F)CN1C(=O)C1CCN(C(C)=O)CC1. The van der Waals surface area contributed by atoms with Crippen LogP contribution < -0.4 is 4.74 Å². The monoisotopic (exact) mass is 392 g/mol. The molecule has 2 aliphatic rings. The van der Waals surface area contributed by atoms with Crippen LogP contribution in [0.5, 0.6) is 5.75 Å². The Kier molecular flexibility index (Phi) is 6.16. The van der Waals surface area contributed by atoms with Crippen molar-refractivity contribution in [2.24, 2.45) is 5.92 Å². The van der Waals surface area contributed by atoms with Gasteiger partial charge in [0, 0.05) is 32.4 Å². The number of nitrogens with zero attached hydrogens (tertiary/aromatic N) is 2. The summed E-state index contributed by atoms with van der Waals surface area (Å²) in [4.78, 5) is 40.0. The molecule has 152 valence electrons. The zero-order valence-corrected chi connectivity index (χ0v) is 16.1. The Labute approximate surface area is 163 Å². The van der Waals surface area contributed by atoms with Crippen LogP contribution in [0, 0.1) is 11.7 Å². The van der Waals surface area contributed by atoms with Crippen LogP contribution in [-0.4, -0.2) is 66.5 Å². The molecule has 8 heteroatoms. The van der Waals surface area contributed by atoms with Gasteiger partial charge in [0.25, 0.3) is 0 Å². The maximum Gasteiger partial charge on any atom is 0.328 e. The number of ether oxygens (including phenoxy) is 2. The lowest BCUT2D eigenvalue weighted by molar-refractivity contribution is -0.153. The molecule has 7 nitrogen and oxygen atoms in total. The molecule has 1 aromatic carbocycles. The molecule has 0 N–H and O–H groups in total. The number of likely N-dealkylation sites (tertiary alicyclic amines) is 2. The number of rotatable bonds is 4. The molecular formula is C20H25FN2O5. The number of carbonyl (C=O) groups is 3. The third-order valence-corrected chi connectivity index (χ3v) is 5.44. The minimum Gasteiger partial charge on any atom is -0.485 e. The van der Waals surface area contributed by atoms with Crippen molar-refractivity contribution < 1.29 is 28.2 Å². The van der Waals surface area contributed by atoms with Gasteiger partial charge >= 0.3 is 5.97 Å². The zero-order chi connectivity index (χ0) is 20.3. The summed E-state index contributed by atoms with van der Waals surface area (Å²) < 4.78 is 24.5. The van der Waals surface area contributed by atoms with Gasteiger partial charge in [0.1, 0.15) is 12.1 Å². The van der Waals surface area contributed by atoms with E-state index in [0.717, 1.165) is 0 Å². The van der Waals surface area contributed by atoms with Crippen LogP contribution >= 0.6 is 0 Å². The van der Waals surface area contributed by atoms with Gasteiger partial charge in [-0.05, 0) is 25.0 Å². The van der Waals surface area contributed by atoms with Crippen molar-refractivity contribution in [1.29, 1.82) is 0 Å². The maximum atomic E-state index is 13.9. The second kappa shape index (κ2) is 8.58. The van der Waals surface area contributed by atoms with Gasteiger partial charge in [-0.2, -0.15) is 0 Å². The molecule has 2 saturated heterocycles. The summed E-state index contributed by atoms with van der Waals surface area (Å²) in [5.74, 6) is -1.29. The molecule has 2 heterocycles. The van der Waals surface area contributed by atoms with Gasteiger partial charge in [0.15, 0.2) is 11.6 Å². The van der Waals surface area contributed by atoms with Crippen LogP contribution in [-0.2, 0) is 19.1 Å². The molecule has 0 radical (unpaired) electrons. The smallest absolute Gasteiger partial charge is 0.328 e. The fraction of sp³-hybridized carbons (Fsp3) is 0.550. The molecule has 2 amide bonds. The number of benzene rings is 1. The average molecular weight is 392 g/mol. The molecule has 0 spiro atoms. The highest BCUT2D eigenvalue weighted by Crippen LogP contribution is 2.29. The topological polar surface area (TPSA) is 76.2 Å². The lowest BCUT2D eigenvalue weighted by Gasteiger charge is -2.33. The first-order valence-electron chi connectivity index (χ1n) is 9.45. The van der Waals surface area contributed by atoms with Gasteiger partial charge in [0.05, 0.1) is 13.7 Å². The zero-order valence-electron chi connectivity index (χ0n) is 16.1. The highest BCUT2D eigenvalue weighted by atomic mass is 19.1. The van der Waals surface area contributed by atoms with Crippen molar-refractivity contribution in [3.8, 4) is 5.75 Å². The van der Waals surface area contributed by atoms with Crippen molar-refractivity contribution in [3.05, 3.63) is 30.1 Å². The summed E-state index contributed by atoms with van der Waals surface area (Å²) in [6.45, 7) is 2.76.